The molecule has 6 nitrogen and oxygen atoms in total. The largest absolute Gasteiger partial charge is 0.444 e. The van der Waals surface area contributed by atoms with Crippen LogP contribution in [0.15, 0.2) is 30.3 Å². The van der Waals surface area contributed by atoms with Crippen LogP contribution in [0.25, 0.3) is 0 Å². The van der Waals surface area contributed by atoms with Crippen molar-refractivity contribution in [1.82, 2.24) is 4.90 Å². The number of likely N-dealkylation sites (tertiary alicyclic amines) is 1. The number of piperidine rings is 1. The van der Waals surface area contributed by atoms with Gasteiger partial charge in [0.1, 0.15) is 5.00 Å². The van der Waals surface area contributed by atoms with Gasteiger partial charge in [-0.15, -0.1) is 11.3 Å². The van der Waals surface area contributed by atoms with E-state index in [-0.39, 0.29) is 11.8 Å². The summed E-state index contributed by atoms with van der Waals surface area (Å²) in [4.78, 5) is 40.6. The summed E-state index contributed by atoms with van der Waals surface area (Å²) in [6, 6.07) is 9.08. The van der Waals surface area contributed by atoms with Crippen molar-refractivity contribution >= 4 is 34.1 Å². The molecule has 1 N–H and O–H groups in total. The second-order valence-corrected chi connectivity index (χ2v) is 8.48. The lowest BCUT2D eigenvalue weighted by atomic mass is 10.1. The van der Waals surface area contributed by atoms with Gasteiger partial charge in [0.05, 0.1) is 5.56 Å². The number of aryl methyl sites for hydroxylation is 1. The molecule has 3 rings (SSSR count). The molecular weight excluding hydrogens is 388 g/mol. The van der Waals surface area contributed by atoms with Gasteiger partial charge in [-0.05, 0) is 38.7 Å². The fourth-order valence-corrected chi connectivity index (χ4v) is 4.55. The molecule has 0 aliphatic carbocycles. The van der Waals surface area contributed by atoms with Crippen LogP contribution in [0.4, 0.5) is 5.00 Å². The van der Waals surface area contributed by atoms with Gasteiger partial charge >= 0.3 is 5.97 Å². The Morgan fingerprint density at radius 3 is 2.34 bits per heavy atom. The lowest BCUT2D eigenvalue weighted by Crippen LogP contribution is -2.40. The molecule has 1 aromatic carbocycles. The van der Waals surface area contributed by atoms with Gasteiger partial charge in [-0.3, -0.25) is 9.59 Å². The van der Waals surface area contributed by atoms with E-state index in [2.05, 4.69) is 5.32 Å². The van der Waals surface area contributed by atoms with E-state index in [9.17, 15) is 14.4 Å². The molecule has 1 aromatic heterocycles. The van der Waals surface area contributed by atoms with Gasteiger partial charge in [-0.1, -0.05) is 30.3 Å². The smallest absolute Gasteiger partial charge is 0.342 e. The van der Waals surface area contributed by atoms with E-state index in [0.29, 0.717) is 29.2 Å². The highest BCUT2D eigenvalue weighted by molar-refractivity contribution is 7.16. The van der Waals surface area contributed by atoms with Crippen LogP contribution in [0.5, 0.6) is 0 Å². The molecule has 0 saturated carbocycles. The molecule has 2 heterocycles. The standard InChI is InChI=1S/C22H26N2O4S/c1-14-15(2)29-20(23-16(3)25)18(14)22(27)28-19(17-10-6-4-7-11-17)21(26)24-12-8-5-9-13-24/h4,6-7,10-11,19H,5,8-9,12-13H2,1-3H3,(H,23,25)/t19-/m1/s1. The number of ether oxygens (including phenoxy) is 1. The molecule has 1 atom stereocenters. The lowest BCUT2D eigenvalue weighted by molar-refractivity contribution is -0.142. The molecule has 2 aromatic rings. The number of carbonyl (C=O) groups is 3. The molecule has 1 saturated heterocycles. The quantitative estimate of drug-likeness (QED) is 0.743. The van der Waals surface area contributed by atoms with Crippen molar-refractivity contribution in [3.8, 4) is 0 Å². The molecule has 7 heteroatoms. The summed E-state index contributed by atoms with van der Waals surface area (Å²) in [6.45, 7) is 6.44. The number of amides is 2. The van der Waals surface area contributed by atoms with Crippen molar-refractivity contribution in [2.45, 2.75) is 46.1 Å². The normalized spacial score (nSPS) is 14.9. The van der Waals surface area contributed by atoms with Crippen LogP contribution in [0.1, 0.15) is 58.7 Å². The summed E-state index contributed by atoms with van der Waals surface area (Å²) in [6.07, 6.45) is 2.01. The van der Waals surface area contributed by atoms with Gasteiger partial charge < -0.3 is 15.0 Å². The third-order valence-corrected chi connectivity index (χ3v) is 6.22. The number of hydrogen-bond donors (Lipinski definition) is 1. The Labute approximate surface area is 174 Å². The van der Waals surface area contributed by atoms with Crippen molar-refractivity contribution in [3.63, 3.8) is 0 Å². The Bertz CT molecular complexity index is 901. The van der Waals surface area contributed by atoms with E-state index in [1.165, 1.54) is 18.3 Å². The third kappa shape index (κ3) is 4.85. The number of thiophene rings is 1. The summed E-state index contributed by atoms with van der Waals surface area (Å²) in [5.41, 5.74) is 1.71. The lowest BCUT2D eigenvalue weighted by Gasteiger charge is -2.30. The van der Waals surface area contributed by atoms with Crippen LogP contribution in [0.2, 0.25) is 0 Å². The highest BCUT2D eigenvalue weighted by Crippen LogP contribution is 2.34. The summed E-state index contributed by atoms with van der Waals surface area (Å²) >= 11 is 1.33. The third-order valence-electron chi connectivity index (χ3n) is 5.10. The number of nitrogens with zero attached hydrogens (tertiary/aromatic N) is 1. The van der Waals surface area contributed by atoms with Gasteiger partial charge in [-0.25, -0.2) is 4.79 Å². The molecule has 0 spiro atoms. The Morgan fingerprint density at radius 2 is 1.72 bits per heavy atom. The van der Waals surface area contributed by atoms with Crippen LogP contribution >= 0.6 is 11.3 Å². The zero-order valence-electron chi connectivity index (χ0n) is 17.0. The van der Waals surface area contributed by atoms with E-state index in [0.717, 1.165) is 29.7 Å². The van der Waals surface area contributed by atoms with E-state index >= 15 is 0 Å². The fraction of sp³-hybridized carbons (Fsp3) is 0.409. The van der Waals surface area contributed by atoms with Gasteiger partial charge in [0.25, 0.3) is 5.91 Å². The summed E-state index contributed by atoms with van der Waals surface area (Å²) < 4.78 is 5.78. The first kappa shape index (κ1) is 21.0. The molecule has 1 aliphatic rings. The molecule has 2 amide bonds. The molecule has 0 bridgehead atoms. The molecule has 0 unspecified atom stereocenters. The van der Waals surface area contributed by atoms with E-state index in [4.69, 9.17) is 4.74 Å². The maximum atomic E-state index is 13.2. The first-order valence-corrected chi connectivity index (χ1v) is 10.6. The van der Waals surface area contributed by atoms with E-state index in [1.807, 2.05) is 32.0 Å². The minimum atomic E-state index is -1.01. The minimum Gasteiger partial charge on any atom is -0.444 e. The van der Waals surface area contributed by atoms with Crippen molar-refractivity contribution in [3.05, 3.63) is 51.9 Å². The number of rotatable bonds is 5. The maximum Gasteiger partial charge on any atom is 0.342 e. The second-order valence-electron chi connectivity index (χ2n) is 7.25. The Kier molecular flexibility index (Phi) is 6.69. The number of hydrogen-bond acceptors (Lipinski definition) is 5. The van der Waals surface area contributed by atoms with Crippen LogP contribution in [0.3, 0.4) is 0 Å². The predicted molar refractivity (Wildman–Crippen MR) is 113 cm³/mol. The Balaban J connectivity index is 1.91. The van der Waals surface area contributed by atoms with Gasteiger partial charge in [0.15, 0.2) is 0 Å². The maximum absolute atomic E-state index is 13.2. The molecular formula is C22H26N2O4S. The number of nitrogens with one attached hydrogen (secondary N) is 1. The Morgan fingerprint density at radius 1 is 1.07 bits per heavy atom. The average molecular weight is 415 g/mol. The molecule has 154 valence electrons. The molecule has 29 heavy (non-hydrogen) atoms. The van der Waals surface area contributed by atoms with Crippen LogP contribution in [0, 0.1) is 13.8 Å². The van der Waals surface area contributed by atoms with Crippen molar-refractivity contribution in [2.75, 3.05) is 18.4 Å². The zero-order chi connectivity index (χ0) is 21.0. The summed E-state index contributed by atoms with van der Waals surface area (Å²) in [5, 5.41) is 3.16. The van der Waals surface area contributed by atoms with E-state index in [1.54, 1.807) is 17.0 Å². The van der Waals surface area contributed by atoms with Crippen LogP contribution in [-0.4, -0.2) is 35.8 Å². The van der Waals surface area contributed by atoms with Gasteiger partial charge in [0, 0.05) is 30.5 Å². The SMILES string of the molecule is CC(=O)Nc1sc(C)c(C)c1C(=O)O[C@@H](C(=O)N1CCCCC1)c1ccccc1. The highest BCUT2D eigenvalue weighted by atomic mass is 32.1. The molecule has 0 radical (unpaired) electrons. The molecule has 1 aliphatic heterocycles. The molecule has 1 fully saturated rings. The zero-order valence-corrected chi connectivity index (χ0v) is 17.8. The van der Waals surface area contributed by atoms with Crippen LogP contribution in [-0.2, 0) is 14.3 Å². The second kappa shape index (κ2) is 9.22. The van der Waals surface area contributed by atoms with Crippen LogP contribution < -0.4 is 5.32 Å². The highest BCUT2D eigenvalue weighted by Gasteiger charge is 2.32. The monoisotopic (exact) mass is 414 g/mol. The fourth-order valence-electron chi connectivity index (χ4n) is 3.46. The van der Waals surface area contributed by atoms with Gasteiger partial charge in [0.2, 0.25) is 12.0 Å². The number of benzene rings is 1. The van der Waals surface area contributed by atoms with Crippen molar-refractivity contribution < 1.29 is 19.1 Å². The Hall–Kier alpha value is -2.67. The number of carbonyl (C=O) groups excluding carboxylic acids is 3. The first-order valence-electron chi connectivity index (χ1n) is 9.80. The van der Waals surface area contributed by atoms with Crippen molar-refractivity contribution in [2.24, 2.45) is 0 Å². The first-order chi connectivity index (χ1) is 13.9. The van der Waals surface area contributed by atoms with Gasteiger partial charge in [-0.2, -0.15) is 0 Å². The topological polar surface area (TPSA) is 75.7 Å². The minimum absolute atomic E-state index is 0.199. The van der Waals surface area contributed by atoms with E-state index < -0.39 is 12.1 Å². The number of esters is 1. The number of anilines is 1. The average Bonchev–Trinajstić information content (AvgIpc) is 2.99. The summed E-state index contributed by atoms with van der Waals surface area (Å²) in [7, 11) is 0. The predicted octanol–water partition coefficient (Wildman–Crippen LogP) is 4.23. The van der Waals surface area contributed by atoms with Crippen molar-refractivity contribution in [1.29, 1.82) is 0 Å². The summed E-state index contributed by atoms with van der Waals surface area (Å²) in [5.74, 6) is -1.06.